The van der Waals surface area contributed by atoms with E-state index in [1.54, 1.807) is 32.1 Å². The van der Waals surface area contributed by atoms with Gasteiger partial charge in [0, 0.05) is 56.9 Å². The molecule has 2 heterocycles. The van der Waals surface area contributed by atoms with Crippen LogP contribution in [0.3, 0.4) is 0 Å². The van der Waals surface area contributed by atoms with E-state index in [0.717, 1.165) is 5.56 Å². The highest BCUT2D eigenvalue weighted by molar-refractivity contribution is 8.00. The maximum atomic E-state index is 6.24. The third kappa shape index (κ3) is 7.30. The molecule has 4 rings (SSSR count). The van der Waals surface area contributed by atoms with Gasteiger partial charge in [0.25, 0.3) is 0 Å². The van der Waals surface area contributed by atoms with Gasteiger partial charge in [0.15, 0.2) is 5.82 Å². The molecule has 15 heteroatoms. The van der Waals surface area contributed by atoms with E-state index in [1.807, 2.05) is 72.6 Å². The van der Waals surface area contributed by atoms with Gasteiger partial charge < -0.3 is 18.4 Å². The lowest BCUT2D eigenvalue weighted by Crippen LogP contribution is -2.11. The van der Waals surface area contributed by atoms with Crippen molar-refractivity contribution >= 4 is 55.2 Å². The smallest absolute Gasteiger partial charge is 0.239 e. The van der Waals surface area contributed by atoms with Gasteiger partial charge in [-0.2, -0.15) is 18.6 Å². The number of aryl methyl sites for hydroxylation is 1. The third-order valence-electron chi connectivity index (χ3n) is 5.51. The Balaban J connectivity index is 0.00000441. The number of para-hydroxylation sites is 1. The number of ether oxygens (including phenoxy) is 3. The summed E-state index contributed by atoms with van der Waals surface area (Å²) in [5.41, 5.74) is 2.16. The first-order valence-corrected chi connectivity index (χ1v) is 13.8. The maximum absolute atomic E-state index is 6.24. The molecule has 216 valence electrons. The average molecular weight is 626 g/mol. The molecule has 40 heavy (non-hydrogen) atoms. The van der Waals surface area contributed by atoms with Gasteiger partial charge in [0.1, 0.15) is 40.9 Å². The van der Waals surface area contributed by atoms with Gasteiger partial charge in [-0.25, -0.2) is 4.31 Å². The fraction of sp³-hybridized carbons (Fsp3) is 0.320. The zero-order valence-corrected chi connectivity index (χ0v) is 26.3. The number of hydrogen-bond donors (Lipinski definition) is 1. The second-order valence-corrected chi connectivity index (χ2v) is 10.7. The van der Waals surface area contributed by atoms with Crippen molar-refractivity contribution in [2.45, 2.75) is 6.10 Å². The van der Waals surface area contributed by atoms with Gasteiger partial charge in [-0.15, -0.1) is 10.2 Å². The Kier molecular flexibility index (Phi) is 11.7. The summed E-state index contributed by atoms with van der Waals surface area (Å²) in [5.74, 6) is 3.34. The summed E-state index contributed by atoms with van der Waals surface area (Å²) in [7, 11) is 10.5. The number of halogens is 1. The molecular weight excluding hydrogens is 594 g/mol. The van der Waals surface area contributed by atoms with Crippen LogP contribution in [-0.2, 0) is 11.8 Å². The SMILES string of the molecule is COc1cccc(OC)c1-n1c(NSCC(OC)c2ccc(Cl)cc2OSN(C)C)nnc1-c1ccn(C)n1.S. The quantitative estimate of drug-likeness (QED) is 0.153. The fourth-order valence-electron chi connectivity index (χ4n) is 3.74. The lowest BCUT2D eigenvalue weighted by Gasteiger charge is -2.20. The van der Waals surface area contributed by atoms with E-state index in [0.29, 0.717) is 51.2 Å². The predicted octanol–water partition coefficient (Wildman–Crippen LogP) is 5.40. The molecule has 4 aromatic rings. The van der Waals surface area contributed by atoms with Crippen molar-refractivity contribution < 1.29 is 18.4 Å². The Labute approximate surface area is 254 Å². The van der Waals surface area contributed by atoms with Crippen molar-refractivity contribution in [1.29, 1.82) is 0 Å². The Morgan fingerprint density at radius 2 is 1.75 bits per heavy atom. The molecule has 11 nitrogen and oxygen atoms in total. The minimum atomic E-state index is -0.301. The van der Waals surface area contributed by atoms with E-state index in [1.165, 1.54) is 24.2 Å². The lowest BCUT2D eigenvalue weighted by molar-refractivity contribution is 0.122. The van der Waals surface area contributed by atoms with Crippen LogP contribution >= 0.6 is 49.3 Å². The molecule has 1 atom stereocenters. The molecule has 1 N–H and O–H groups in total. The molecule has 0 aliphatic rings. The van der Waals surface area contributed by atoms with Crippen LogP contribution in [0, 0.1) is 0 Å². The Morgan fingerprint density at radius 1 is 1.02 bits per heavy atom. The first-order valence-electron chi connectivity index (χ1n) is 11.7. The average Bonchev–Trinajstić information content (AvgIpc) is 3.55. The van der Waals surface area contributed by atoms with Crippen LogP contribution in [0.4, 0.5) is 5.95 Å². The van der Waals surface area contributed by atoms with Gasteiger partial charge in [-0.05, 0) is 36.2 Å². The predicted molar refractivity (Wildman–Crippen MR) is 166 cm³/mol. The van der Waals surface area contributed by atoms with Crippen molar-refractivity contribution in [3.05, 3.63) is 59.2 Å². The monoisotopic (exact) mass is 625 g/mol. The van der Waals surface area contributed by atoms with E-state index in [2.05, 4.69) is 20.0 Å². The third-order valence-corrected chi connectivity index (χ3v) is 7.10. The van der Waals surface area contributed by atoms with Crippen LogP contribution in [0.5, 0.6) is 17.2 Å². The largest absolute Gasteiger partial charge is 0.494 e. The molecule has 0 saturated heterocycles. The summed E-state index contributed by atoms with van der Waals surface area (Å²) >= 11 is 8.86. The number of nitrogens with one attached hydrogen (secondary N) is 1. The van der Waals surface area contributed by atoms with Crippen LogP contribution in [0.15, 0.2) is 48.7 Å². The summed E-state index contributed by atoms with van der Waals surface area (Å²) in [4.78, 5) is 0. The van der Waals surface area contributed by atoms with Crippen LogP contribution in [0.1, 0.15) is 11.7 Å². The van der Waals surface area contributed by atoms with Gasteiger partial charge in [0.05, 0.1) is 20.3 Å². The molecule has 0 saturated carbocycles. The first kappa shape index (κ1) is 31.8. The zero-order valence-electron chi connectivity index (χ0n) is 22.9. The fourth-order valence-corrected chi connectivity index (χ4v) is 5.09. The van der Waals surface area contributed by atoms with Crippen molar-refractivity contribution in [3.63, 3.8) is 0 Å². The standard InChI is InChI=1S/C25H30ClN7O4S2.H2S/c1-31(2)39-37-21-14-16(26)10-11-17(21)22(36-6)15-38-30-25-28-27-24(18-12-13-32(3)29-18)33(25)23-19(34-4)8-7-9-20(23)35-5;/h7-14,22H,15H2,1-6H3,(H,28,30);1H2. The molecule has 2 aromatic heterocycles. The topological polar surface area (TPSA) is 101 Å². The zero-order chi connectivity index (χ0) is 27.9. The van der Waals surface area contributed by atoms with E-state index < -0.39 is 0 Å². The van der Waals surface area contributed by atoms with E-state index in [-0.39, 0.29) is 19.6 Å². The van der Waals surface area contributed by atoms with E-state index in [4.69, 9.17) is 30.0 Å². The molecular formula is C25H32ClN7O4S3. The summed E-state index contributed by atoms with van der Waals surface area (Å²) in [6, 6.07) is 12.9. The van der Waals surface area contributed by atoms with Crippen molar-refractivity contribution in [2.24, 2.45) is 7.05 Å². The Morgan fingerprint density at radius 3 is 2.35 bits per heavy atom. The summed E-state index contributed by atoms with van der Waals surface area (Å²) in [5, 5.41) is 14.0. The minimum absolute atomic E-state index is 0. The molecule has 0 fully saturated rings. The summed E-state index contributed by atoms with van der Waals surface area (Å²) < 4.78 is 31.8. The number of hydrogen-bond acceptors (Lipinski definition) is 11. The number of methoxy groups -OCH3 is 3. The first-order chi connectivity index (χ1) is 18.9. The molecule has 0 aliphatic heterocycles. The molecule has 1 unspecified atom stereocenters. The normalized spacial score (nSPS) is 11.7. The Bertz CT molecular complexity index is 1380. The Hall–Kier alpha value is -2.75. The second-order valence-electron chi connectivity index (χ2n) is 8.36. The number of rotatable bonds is 13. The molecule has 0 spiro atoms. The second kappa shape index (κ2) is 14.8. The molecule has 0 amide bonds. The lowest BCUT2D eigenvalue weighted by atomic mass is 10.1. The highest BCUT2D eigenvalue weighted by Gasteiger charge is 2.24. The summed E-state index contributed by atoms with van der Waals surface area (Å²) in [6.45, 7) is 0. The van der Waals surface area contributed by atoms with Gasteiger partial charge in [0.2, 0.25) is 5.95 Å². The molecule has 2 aromatic carbocycles. The number of anilines is 1. The van der Waals surface area contributed by atoms with Gasteiger partial charge in [-0.3, -0.25) is 14.0 Å². The van der Waals surface area contributed by atoms with Crippen LogP contribution < -0.4 is 18.4 Å². The van der Waals surface area contributed by atoms with Crippen molar-refractivity contribution in [1.82, 2.24) is 28.9 Å². The maximum Gasteiger partial charge on any atom is 0.239 e. The molecule has 0 radical (unpaired) electrons. The van der Waals surface area contributed by atoms with E-state index >= 15 is 0 Å². The number of benzene rings is 2. The van der Waals surface area contributed by atoms with Crippen molar-refractivity contribution in [2.75, 3.05) is 45.9 Å². The van der Waals surface area contributed by atoms with Crippen LogP contribution in [0.2, 0.25) is 5.02 Å². The van der Waals surface area contributed by atoms with E-state index in [9.17, 15) is 0 Å². The van der Waals surface area contributed by atoms with Crippen LogP contribution in [-0.4, -0.2) is 70.0 Å². The minimum Gasteiger partial charge on any atom is -0.494 e. The molecule has 0 bridgehead atoms. The van der Waals surface area contributed by atoms with Crippen molar-refractivity contribution in [3.8, 4) is 34.5 Å². The summed E-state index contributed by atoms with van der Waals surface area (Å²) in [6.07, 6.45) is 1.55. The van der Waals surface area contributed by atoms with Gasteiger partial charge >= 0.3 is 0 Å². The highest BCUT2D eigenvalue weighted by atomic mass is 35.5. The number of aromatic nitrogens is 5. The number of nitrogens with zero attached hydrogens (tertiary/aromatic N) is 6. The van der Waals surface area contributed by atoms with Gasteiger partial charge in [-0.1, -0.05) is 23.7 Å². The van der Waals surface area contributed by atoms with Crippen LogP contribution in [0.25, 0.3) is 17.2 Å². The molecule has 0 aliphatic carbocycles. The highest BCUT2D eigenvalue weighted by Crippen LogP contribution is 2.38.